The van der Waals surface area contributed by atoms with Gasteiger partial charge in [0.15, 0.2) is 0 Å². The Morgan fingerprint density at radius 3 is 2.79 bits per heavy atom. The lowest BCUT2D eigenvalue weighted by Gasteiger charge is -2.17. The van der Waals surface area contributed by atoms with Crippen LogP contribution in [0.15, 0.2) is 54.9 Å². The van der Waals surface area contributed by atoms with Gasteiger partial charge in [-0.1, -0.05) is 44.2 Å². The number of carbonyl (C=O) groups excluding carboxylic acids is 1. The first kappa shape index (κ1) is 18.4. The molecule has 0 atom stereocenters. The molecule has 5 heteroatoms. The van der Waals surface area contributed by atoms with Crippen LogP contribution in [0.2, 0.25) is 0 Å². The number of nitrogens with zero attached hydrogens (tertiary/aromatic N) is 2. The van der Waals surface area contributed by atoms with Crippen LogP contribution in [-0.2, 0) is 19.5 Å². The summed E-state index contributed by atoms with van der Waals surface area (Å²) < 4.78 is 1.85. The number of aromatic nitrogens is 2. The van der Waals surface area contributed by atoms with Crippen LogP contribution in [0.3, 0.4) is 0 Å². The monoisotopic (exact) mass is 374 g/mol. The Bertz CT molecular complexity index is 973. The molecule has 0 unspecified atom stereocenters. The maximum Gasteiger partial charge on any atom is 0.255 e. The molecule has 28 heavy (non-hydrogen) atoms. The van der Waals surface area contributed by atoms with E-state index in [1.165, 1.54) is 22.3 Å². The first-order chi connectivity index (χ1) is 13.6. The van der Waals surface area contributed by atoms with Crippen molar-refractivity contribution < 1.29 is 4.79 Å². The van der Waals surface area contributed by atoms with E-state index in [0.717, 1.165) is 19.5 Å². The van der Waals surface area contributed by atoms with Gasteiger partial charge in [-0.3, -0.25) is 9.48 Å². The van der Waals surface area contributed by atoms with E-state index in [0.29, 0.717) is 23.7 Å². The van der Waals surface area contributed by atoms with Crippen molar-refractivity contribution in [1.29, 1.82) is 0 Å². The third-order valence-electron chi connectivity index (χ3n) is 5.24. The zero-order chi connectivity index (χ0) is 19.5. The second-order valence-corrected chi connectivity index (χ2v) is 7.69. The molecule has 3 aromatic rings. The van der Waals surface area contributed by atoms with Gasteiger partial charge in [0, 0.05) is 18.3 Å². The Morgan fingerprint density at radius 2 is 2.00 bits per heavy atom. The molecule has 0 bridgehead atoms. The van der Waals surface area contributed by atoms with E-state index in [-0.39, 0.29) is 5.91 Å². The minimum absolute atomic E-state index is 0.0952. The maximum atomic E-state index is 12.6. The molecule has 1 aliphatic heterocycles. The summed E-state index contributed by atoms with van der Waals surface area (Å²) in [5.74, 6) is 0.433. The van der Waals surface area contributed by atoms with Gasteiger partial charge >= 0.3 is 0 Å². The van der Waals surface area contributed by atoms with Gasteiger partial charge in [0.05, 0.1) is 18.4 Å². The van der Waals surface area contributed by atoms with Crippen molar-refractivity contribution in [2.75, 3.05) is 11.9 Å². The van der Waals surface area contributed by atoms with Crippen molar-refractivity contribution in [3.05, 3.63) is 82.7 Å². The van der Waals surface area contributed by atoms with Crippen molar-refractivity contribution in [3.63, 3.8) is 0 Å². The quantitative estimate of drug-likeness (QED) is 0.711. The Hall–Kier alpha value is -2.92. The number of rotatable bonds is 5. The third-order valence-corrected chi connectivity index (χ3v) is 5.24. The smallest absolute Gasteiger partial charge is 0.255 e. The van der Waals surface area contributed by atoms with E-state index in [9.17, 15) is 4.79 Å². The normalized spacial score (nSPS) is 13.4. The van der Waals surface area contributed by atoms with Crippen LogP contribution in [0.1, 0.15) is 52.4 Å². The van der Waals surface area contributed by atoms with Crippen molar-refractivity contribution in [1.82, 2.24) is 15.1 Å². The first-order valence-corrected chi connectivity index (χ1v) is 9.83. The van der Waals surface area contributed by atoms with Gasteiger partial charge in [-0.25, -0.2) is 0 Å². The van der Waals surface area contributed by atoms with Crippen molar-refractivity contribution in [2.45, 2.75) is 39.3 Å². The highest BCUT2D eigenvalue weighted by atomic mass is 16.1. The lowest BCUT2D eigenvalue weighted by atomic mass is 9.98. The molecule has 1 aliphatic rings. The number of hydrogen-bond acceptors (Lipinski definition) is 3. The SMILES string of the molecule is CC(C)c1ccc(Cn2cc(NC(=O)c3ccc4c(c3)CCNC4)cn2)cc1. The van der Waals surface area contributed by atoms with Gasteiger partial charge in [0.2, 0.25) is 0 Å². The fourth-order valence-corrected chi connectivity index (χ4v) is 3.53. The van der Waals surface area contributed by atoms with E-state index in [1.807, 2.05) is 29.1 Å². The molecular formula is C23H26N4O. The average Bonchev–Trinajstić information content (AvgIpc) is 3.14. The summed E-state index contributed by atoms with van der Waals surface area (Å²) in [6, 6.07) is 14.5. The van der Waals surface area contributed by atoms with Gasteiger partial charge in [0.25, 0.3) is 5.91 Å². The highest BCUT2D eigenvalue weighted by Crippen LogP contribution is 2.18. The molecule has 2 heterocycles. The first-order valence-electron chi connectivity index (χ1n) is 9.83. The van der Waals surface area contributed by atoms with Gasteiger partial charge in [0.1, 0.15) is 0 Å². The molecule has 0 aliphatic carbocycles. The molecule has 144 valence electrons. The van der Waals surface area contributed by atoms with Crippen molar-refractivity contribution in [3.8, 4) is 0 Å². The molecule has 0 saturated carbocycles. The molecule has 2 aromatic carbocycles. The second kappa shape index (κ2) is 7.98. The molecule has 1 aromatic heterocycles. The zero-order valence-electron chi connectivity index (χ0n) is 16.4. The number of amides is 1. The van der Waals surface area contributed by atoms with Crippen LogP contribution < -0.4 is 10.6 Å². The average molecular weight is 374 g/mol. The molecule has 4 rings (SSSR count). The van der Waals surface area contributed by atoms with E-state index < -0.39 is 0 Å². The Kier molecular flexibility index (Phi) is 5.26. The van der Waals surface area contributed by atoms with Crippen LogP contribution >= 0.6 is 0 Å². The van der Waals surface area contributed by atoms with Gasteiger partial charge in [-0.05, 0) is 53.3 Å². The second-order valence-electron chi connectivity index (χ2n) is 7.69. The Balaban J connectivity index is 1.41. The highest BCUT2D eigenvalue weighted by Gasteiger charge is 2.13. The lowest BCUT2D eigenvalue weighted by Crippen LogP contribution is -2.24. The topological polar surface area (TPSA) is 59.0 Å². The summed E-state index contributed by atoms with van der Waals surface area (Å²) in [6.07, 6.45) is 4.53. The summed E-state index contributed by atoms with van der Waals surface area (Å²) >= 11 is 0. The summed E-state index contributed by atoms with van der Waals surface area (Å²) in [5, 5.41) is 10.7. The summed E-state index contributed by atoms with van der Waals surface area (Å²) in [6.45, 7) is 6.90. The molecule has 0 spiro atoms. The van der Waals surface area contributed by atoms with Crippen LogP contribution in [0, 0.1) is 0 Å². The number of hydrogen-bond donors (Lipinski definition) is 2. The molecule has 0 saturated heterocycles. The molecule has 2 N–H and O–H groups in total. The highest BCUT2D eigenvalue weighted by molar-refractivity contribution is 6.04. The number of nitrogens with one attached hydrogen (secondary N) is 2. The van der Waals surface area contributed by atoms with E-state index in [1.54, 1.807) is 6.20 Å². The fraction of sp³-hybridized carbons (Fsp3) is 0.304. The standard InChI is InChI=1S/C23H26N4O/c1-16(2)18-5-3-17(4-6-18)14-27-15-22(13-25-27)26-23(28)20-7-8-21-12-24-10-9-19(21)11-20/h3-8,11,13,15-16,24H,9-10,12,14H2,1-2H3,(H,26,28). The third kappa shape index (κ3) is 4.15. The largest absolute Gasteiger partial charge is 0.319 e. The summed E-state index contributed by atoms with van der Waals surface area (Å²) in [4.78, 5) is 12.6. The zero-order valence-corrected chi connectivity index (χ0v) is 16.4. The molecule has 1 amide bonds. The molecular weight excluding hydrogens is 348 g/mol. The summed E-state index contributed by atoms with van der Waals surface area (Å²) in [7, 11) is 0. The predicted molar refractivity (Wildman–Crippen MR) is 112 cm³/mol. The van der Waals surface area contributed by atoms with E-state index >= 15 is 0 Å². The maximum absolute atomic E-state index is 12.6. The fourth-order valence-electron chi connectivity index (χ4n) is 3.53. The van der Waals surface area contributed by atoms with E-state index in [4.69, 9.17) is 0 Å². The van der Waals surface area contributed by atoms with Gasteiger partial charge in [-0.2, -0.15) is 5.10 Å². The lowest BCUT2D eigenvalue weighted by molar-refractivity contribution is 0.102. The number of fused-ring (bicyclic) bond motifs is 1. The van der Waals surface area contributed by atoms with Crippen LogP contribution in [0.4, 0.5) is 5.69 Å². The van der Waals surface area contributed by atoms with E-state index in [2.05, 4.69) is 53.8 Å². The van der Waals surface area contributed by atoms with Crippen LogP contribution in [0.5, 0.6) is 0 Å². The van der Waals surface area contributed by atoms with Crippen molar-refractivity contribution in [2.24, 2.45) is 0 Å². The Morgan fingerprint density at radius 1 is 1.18 bits per heavy atom. The van der Waals surface area contributed by atoms with Gasteiger partial charge in [-0.15, -0.1) is 0 Å². The molecule has 0 radical (unpaired) electrons. The summed E-state index contributed by atoms with van der Waals surface area (Å²) in [5.41, 5.74) is 6.46. The van der Waals surface area contributed by atoms with Crippen LogP contribution in [0.25, 0.3) is 0 Å². The molecule has 0 fully saturated rings. The minimum atomic E-state index is -0.0952. The minimum Gasteiger partial charge on any atom is -0.319 e. The van der Waals surface area contributed by atoms with Crippen molar-refractivity contribution >= 4 is 11.6 Å². The number of carbonyl (C=O) groups is 1. The molecule has 5 nitrogen and oxygen atoms in total. The number of anilines is 1. The van der Waals surface area contributed by atoms with Gasteiger partial charge < -0.3 is 10.6 Å². The Labute approximate surface area is 165 Å². The van der Waals surface area contributed by atoms with Crippen LogP contribution in [-0.4, -0.2) is 22.2 Å². The number of benzene rings is 2. The predicted octanol–water partition coefficient (Wildman–Crippen LogP) is 3.95.